The Morgan fingerprint density at radius 3 is 2.31 bits per heavy atom. The molecule has 2 fully saturated rings. The molecule has 6 nitrogen and oxygen atoms in total. The van der Waals surface area contributed by atoms with Gasteiger partial charge in [0, 0.05) is 38.2 Å². The molecule has 2 aromatic rings. The topological polar surface area (TPSA) is 61.9 Å². The highest BCUT2D eigenvalue weighted by Crippen LogP contribution is 2.36. The molecule has 0 aromatic heterocycles. The molecule has 2 amide bonds. The summed E-state index contributed by atoms with van der Waals surface area (Å²) in [6, 6.07) is 12.9. The van der Waals surface area contributed by atoms with E-state index in [1.165, 1.54) is 12.1 Å². The molecular weight excluding hydrogens is 459 g/mol. The van der Waals surface area contributed by atoms with Gasteiger partial charge in [0.1, 0.15) is 0 Å². The van der Waals surface area contributed by atoms with Gasteiger partial charge in [0.05, 0.1) is 30.2 Å². The first-order valence-corrected chi connectivity index (χ1v) is 11.7. The molecule has 2 heterocycles. The van der Waals surface area contributed by atoms with E-state index in [9.17, 15) is 22.8 Å². The molecule has 1 N–H and O–H groups in total. The first-order valence-electron chi connectivity index (χ1n) is 11.7. The quantitative estimate of drug-likeness (QED) is 0.634. The van der Waals surface area contributed by atoms with E-state index in [0.717, 1.165) is 17.7 Å². The van der Waals surface area contributed by atoms with Crippen LogP contribution in [-0.2, 0) is 20.5 Å². The van der Waals surface area contributed by atoms with Crippen molar-refractivity contribution < 1.29 is 27.5 Å². The SMILES string of the molecule is O=C(Nc1cc(C(F)(F)F)ccc1N1CCOCC1)C1CCN(C(=O)/C=C/c2ccccc2)CC1. The molecule has 0 unspecified atom stereocenters. The molecule has 2 aliphatic heterocycles. The number of nitrogens with one attached hydrogen (secondary N) is 1. The summed E-state index contributed by atoms with van der Waals surface area (Å²) < 4.78 is 45.3. The molecule has 0 saturated carbocycles. The second-order valence-corrected chi connectivity index (χ2v) is 8.66. The fourth-order valence-corrected chi connectivity index (χ4v) is 4.33. The molecule has 0 aliphatic carbocycles. The van der Waals surface area contributed by atoms with Crippen LogP contribution >= 0.6 is 0 Å². The van der Waals surface area contributed by atoms with E-state index in [4.69, 9.17) is 4.74 Å². The van der Waals surface area contributed by atoms with Gasteiger partial charge in [-0.2, -0.15) is 13.2 Å². The van der Waals surface area contributed by atoms with Crippen LogP contribution in [0.1, 0.15) is 24.0 Å². The Morgan fingerprint density at radius 2 is 1.66 bits per heavy atom. The monoisotopic (exact) mass is 487 g/mol. The third kappa shape index (κ3) is 6.42. The highest BCUT2D eigenvalue weighted by atomic mass is 19.4. The summed E-state index contributed by atoms with van der Waals surface area (Å²) in [7, 11) is 0. The van der Waals surface area contributed by atoms with Gasteiger partial charge in [-0.3, -0.25) is 9.59 Å². The van der Waals surface area contributed by atoms with Crippen molar-refractivity contribution in [1.82, 2.24) is 4.90 Å². The number of anilines is 2. The van der Waals surface area contributed by atoms with E-state index in [-0.39, 0.29) is 23.4 Å². The second-order valence-electron chi connectivity index (χ2n) is 8.66. The standard InChI is InChI=1S/C26H28F3N3O3/c27-26(28,29)21-7-8-23(31-14-16-35-17-15-31)22(18-21)30-25(34)20-10-12-32(13-11-20)24(33)9-6-19-4-2-1-3-5-19/h1-9,18,20H,10-17H2,(H,30,34)/b9-6+. The molecule has 186 valence electrons. The molecule has 2 saturated heterocycles. The highest BCUT2D eigenvalue weighted by Gasteiger charge is 2.33. The second kappa shape index (κ2) is 10.9. The van der Waals surface area contributed by atoms with E-state index >= 15 is 0 Å². The fourth-order valence-electron chi connectivity index (χ4n) is 4.33. The average Bonchev–Trinajstić information content (AvgIpc) is 2.88. The van der Waals surface area contributed by atoms with Gasteiger partial charge in [-0.1, -0.05) is 30.3 Å². The Bertz CT molecular complexity index is 1060. The number of hydrogen-bond donors (Lipinski definition) is 1. The predicted octanol–water partition coefficient (Wildman–Crippen LogP) is 4.43. The minimum atomic E-state index is -4.51. The van der Waals surface area contributed by atoms with Gasteiger partial charge in [0.15, 0.2) is 0 Å². The molecule has 9 heteroatoms. The Hall–Kier alpha value is -3.33. The third-order valence-electron chi connectivity index (χ3n) is 6.33. The summed E-state index contributed by atoms with van der Waals surface area (Å²) in [5.74, 6) is -0.838. The summed E-state index contributed by atoms with van der Waals surface area (Å²) in [6.45, 7) is 2.83. The summed E-state index contributed by atoms with van der Waals surface area (Å²) in [5, 5.41) is 2.74. The smallest absolute Gasteiger partial charge is 0.378 e. The number of amides is 2. The van der Waals surface area contributed by atoms with Gasteiger partial charge in [-0.25, -0.2) is 0 Å². The van der Waals surface area contributed by atoms with E-state index in [0.29, 0.717) is 57.9 Å². The number of benzene rings is 2. The summed E-state index contributed by atoms with van der Waals surface area (Å²) in [5.41, 5.74) is 0.812. The maximum atomic E-state index is 13.3. The number of nitrogens with zero attached hydrogens (tertiary/aromatic N) is 2. The van der Waals surface area contributed by atoms with E-state index in [2.05, 4.69) is 5.32 Å². The zero-order valence-corrected chi connectivity index (χ0v) is 19.3. The van der Waals surface area contributed by atoms with Crippen molar-refractivity contribution >= 4 is 29.3 Å². The number of morpholine rings is 1. The van der Waals surface area contributed by atoms with Gasteiger partial charge in [-0.05, 0) is 42.7 Å². The zero-order valence-electron chi connectivity index (χ0n) is 19.3. The van der Waals surface area contributed by atoms with Crippen LogP contribution in [0.3, 0.4) is 0 Å². The Kier molecular flexibility index (Phi) is 7.75. The molecule has 0 atom stereocenters. The summed E-state index contributed by atoms with van der Waals surface area (Å²) >= 11 is 0. The maximum absolute atomic E-state index is 13.3. The third-order valence-corrected chi connectivity index (χ3v) is 6.33. The van der Waals surface area contributed by atoms with Crippen LogP contribution in [0, 0.1) is 5.92 Å². The molecule has 35 heavy (non-hydrogen) atoms. The van der Waals surface area contributed by atoms with Gasteiger partial charge < -0.3 is 19.9 Å². The first-order chi connectivity index (χ1) is 16.8. The first kappa shape index (κ1) is 24.8. The molecule has 0 radical (unpaired) electrons. The Morgan fingerprint density at radius 1 is 0.971 bits per heavy atom. The molecule has 2 aromatic carbocycles. The molecule has 0 spiro atoms. The summed E-state index contributed by atoms with van der Waals surface area (Å²) in [6.07, 6.45) is -0.345. The minimum Gasteiger partial charge on any atom is -0.378 e. The molecular formula is C26H28F3N3O3. The predicted molar refractivity (Wildman–Crippen MR) is 128 cm³/mol. The number of halogens is 3. The number of piperidine rings is 1. The molecule has 0 bridgehead atoms. The van der Waals surface area contributed by atoms with E-state index in [1.54, 1.807) is 11.0 Å². The Labute approximate surface area is 202 Å². The van der Waals surface area contributed by atoms with Crippen LogP contribution in [0.4, 0.5) is 24.5 Å². The maximum Gasteiger partial charge on any atom is 0.416 e. The fraction of sp³-hybridized carbons (Fsp3) is 0.385. The van der Waals surface area contributed by atoms with Crippen molar-refractivity contribution in [1.29, 1.82) is 0 Å². The van der Waals surface area contributed by atoms with E-state index < -0.39 is 11.7 Å². The lowest BCUT2D eigenvalue weighted by molar-refractivity contribution is -0.137. The van der Waals surface area contributed by atoms with Crippen molar-refractivity contribution in [3.05, 3.63) is 65.7 Å². The number of ether oxygens (including phenoxy) is 1. The van der Waals surface area contributed by atoms with Gasteiger partial charge in [0.25, 0.3) is 0 Å². The number of rotatable bonds is 5. The number of likely N-dealkylation sites (tertiary alicyclic amines) is 1. The lowest BCUT2D eigenvalue weighted by Crippen LogP contribution is -2.41. The average molecular weight is 488 g/mol. The number of hydrogen-bond acceptors (Lipinski definition) is 4. The van der Waals surface area contributed by atoms with Gasteiger partial charge in [-0.15, -0.1) is 0 Å². The van der Waals surface area contributed by atoms with Gasteiger partial charge in [0.2, 0.25) is 11.8 Å². The molecule has 2 aliphatic rings. The lowest BCUT2D eigenvalue weighted by Gasteiger charge is -2.33. The zero-order chi connectivity index (χ0) is 24.8. The molecule has 4 rings (SSSR count). The van der Waals surface area contributed by atoms with Crippen molar-refractivity contribution in [2.75, 3.05) is 49.6 Å². The van der Waals surface area contributed by atoms with Crippen molar-refractivity contribution in [2.45, 2.75) is 19.0 Å². The van der Waals surface area contributed by atoms with Crippen LogP contribution in [0.25, 0.3) is 6.08 Å². The van der Waals surface area contributed by atoms with Crippen LogP contribution in [0.2, 0.25) is 0 Å². The normalized spacial score (nSPS) is 17.6. The van der Waals surface area contributed by atoms with Crippen LogP contribution in [-0.4, -0.2) is 56.1 Å². The highest BCUT2D eigenvalue weighted by molar-refractivity contribution is 5.96. The lowest BCUT2D eigenvalue weighted by atomic mass is 9.95. The van der Waals surface area contributed by atoms with Gasteiger partial charge >= 0.3 is 6.18 Å². The summed E-state index contributed by atoms with van der Waals surface area (Å²) in [4.78, 5) is 29.1. The van der Waals surface area contributed by atoms with E-state index in [1.807, 2.05) is 35.2 Å². The minimum absolute atomic E-state index is 0.125. The number of carbonyl (C=O) groups excluding carboxylic acids is 2. The van der Waals surface area contributed by atoms with Crippen LogP contribution < -0.4 is 10.2 Å². The van der Waals surface area contributed by atoms with Crippen molar-refractivity contribution in [3.8, 4) is 0 Å². The van der Waals surface area contributed by atoms with Crippen LogP contribution in [0.15, 0.2) is 54.6 Å². The number of carbonyl (C=O) groups is 2. The van der Waals surface area contributed by atoms with Crippen molar-refractivity contribution in [2.24, 2.45) is 5.92 Å². The number of alkyl halides is 3. The van der Waals surface area contributed by atoms with Crippen molar-refractivity contribution in [3.63, 3.8) is 0 Å². The largest absolute Gasteiger partial charge is 0.416 e. The van der Waals surface area contributed by atoms with Crippen LogP contribution in [0.5, 0.6) is 0 Å². The Balaban J connectivity index is 1.39.